The molecule has 1 aromatic heterocycles. The van der Waals surface area contributed by atoms with E-state index in [1.807, 2.05) is 72.3 Å². The smallest absolute Gasteiger partial charge is 0.303 e. The Morgan fingerprint density at radius 2 is 1.62 bits per heavy atom. The zero-order chi connectivity index (χ0) is 28.5. The third-order valence-corrected chi connectivity index (χ3v) is 7.08. The van der Waals surface area contributed by atoms with E-state index in [-0.39, 0.29) is 12.8 Å². The molecule has 0 spiro atoms. The van der Waals surface area contributed by atoms with Crippen LogP contribution in [0.3, 0.4) is 0 Å². The summed E-state index contributed by atoms with van der Waals surface area (Å²) in [6.07, 6.45) is 2.23. The van der Waals surface area contributed by atoms with Crippen molar-refractivity contribution < 1.29 is 24.5 Å². The molecule has 0 saturated heterocycles. The number of ether oxygens (including phenoxy) is 1. The first-order chi connectivity index (χ1) is 19.4. The van der Waals surface area contributed by atoms with Gasteiger partial charge in [0.1, 0.15) is 5.75 Å². The van der Waals surface area contributed by atoms with Crippen LogP contribution in [0.5, 0.6) is 5.75 Å². The zero-order valence-electron chi connectivity index (χ0n) is 22.5. The number of nitrogens with zero attached hydrogens (tertiary/aromatic N) is 2. The first-order valence-corrected chi connectivity index (χ1v) is 14.2. The van der Waals surface area contributed by atoms with Gasteiger partial charge in [-0.25, -0.2) is 0 Å². The van der Waals surface area contributed by atoms with E-state index in [1.165, 1.54) is 5.56 Å². The number of hydrogen-bond acceptors (Lipinski definition) is 4. The fourth-order valence-corrected chi connectivity index (χ4v) is 5.08. The molecular formula is C32H33BrN2O5. The number of hydrogen-bond donors (Lipinski definition) is 2. The minimum atomic E-state index is -0.880. The Morgan fingerprint density at radius 3 is 2.33 bits per heavy atom. The molecule has 7 nitrogen and oxygen atoms in total. The van der Waals surface area contributed by atoms with E-state index in [9.17, 15) is 14.7 Å². The highest BCUT2D eigenvalue weighted by atomic mass is 79.9. The molecule has 2 N–H and O–H groups in total. The Hall–Kier alpha value is -3.91. The van der Waals surface area contributed by atoms with Gasteiger partial charge in [0.15, 0.2) is 0 Å². The summed E-state index contributed by atoms with van der Waals surface area (Å²) in [5, 5.41) is 23.8. The van der Waals surface area contributed by atoms with E-state index >= 15 is 0 Å². The molecule has 4 aromatic rings. The highest BCUT2D eigenvalue weighted by molar-refractivity contribution is 9.10. The van der Waals surface area contributed by atoms with Gasteiger partial charge < -0.3 is 14.9 Å². The number of halogens is 1. The molecule has 0 bridgehead atoms. The maximum atomic E-state index is 11.7. The Kier molecular flexibility index (Phi) is 10.1. The Morgan fingerprint density at radius 1 is 0.875 bits per heavy atom. The lowest BCUT2D eigenvalue weighted by Gasteiger charge is -2.13. The van der Waals surface area contributed by atoms with Crippen molar-refractivity contribution in [1.29, 1.82) is 0 Å². The lowest BCUT2D eigenvalue weighted by atomic mass is 9.96. The molecule has 0 fully saturated rings. The number of benzene rings is 3. The molecule has 8 heteroatoms. The van der Waals surface area contributed by atoms with E-state index in [1.54, 1.807) is 0 Å². The second-order valence-electron chi connectivity index (χ2n) is 9.61. The van der Waals surface area contributed by atoms with Crippen molar-refractivity contribution in [2.24, 2.45) is 0 Å². The van der Waals surface area contributed by atoms with Gasteiger partial charge in [0.2, 0.25) is 0 Å². The summed E-state index contributed by atoms with van der Waals surface area (Å²) in [6.45, 7) is 3.12. The standard InChI is InChI=1S/C32H33BrN2O5/c1-2-19-40-28-20-23(12-15-29(36)37)11-13-26(28)31-27(14-16-30(38)39)32(24-9-6-10-25(33)21-24)35(34-31)18-17-22-7-4-3-5-8-22/h3-11,13,20-21H,2,12,14-19H2,1H3,(H,36,37)(H,38,39). The molecule has 0 atom stereocenters. The number of carboxylic acids is 2. The average molecular weight is 606 g/mol. The van der Waals surface area contributed by atoms with Crippen molar-refractivity contribution in [2.75, 3.05) is 6.61 Å². The summed E-state index contributed by atoms with van der Waals surface area (Å²) in [5.74, 6) is -1.11. The van der Waals surface area contributed by atoms with Crippen molar-refractivity contribution in [2.45, 2.75) is 52.0 Å². The van der Waals surface area contributed by atoms with Crippen LogP contribution >= 0.6 is 15.9 Å². The molecule has 4 rings (SSSR count). The predicted molar refractivity (Wildman–Crippen MR) is 159 cm³/mol. The van der Waals surface area contributed by atoms with E-state index < -0.39 is 11.9 Å². The predicted octanol–water partition coefficient (Wildman–Crippen LogP) is 7.05. The molecule has 0 unspecified atom stereocenters. The second-order valence-corrected chi connectivity index (χ2v) is 10.5. The molecule has 208 valence electrons. The molecule has 3 aromatic carbocycles. The van der Waals surface area contributed by atoms with Gasteiger partial charge in [0.05, 0.1) is 18.0 Å². The number of carbonyl (C=O) groups is 2. The van der Waals surface area contributed by atoms with Crippen molar-refractivity contribution in [3.05, 3.63) is 94.0 Å². The van der Waals surface area contributed by atoms with Gasteiger partial charge in [-0.15, -0.1) is 0 Å². The van der Waals surface area contributed by atoms with Crippen LogP contribution < -0.4 is 4.74 Å². The third-order valence-electron chi connectivity index (χ3n) is 6.58. The van der Waals surface area contributed by atoms with Crippen LogP contribution in [0.25, 0.3) is 22.5 Å². The average Bonchev–Trinajstić information content (AvgIpc) is 3.31. The summed E-state index contributed by atoms with van der Waals surface area (Å²) < 4.78 is 9.04. The van der Waals surface area contributed by atoms with E-state index in [4.69, 9.17) is 14.9 Å². The van der Waals surface area contributed by atoms with Crippen LogP contribution in [0.1, 0.15) is 42.9 Å². The first-order valence-electron chi connectivity index (χ1n) is 13.4. The molecule has 0 aliphatic heterocycles. The lowest BCUT2D eigenvalue weighted by Crippen LogP contribution is -2.06. The highest BCUT2D eigenvalue weighted by Gasteiger charge is 2.24. The largest absolute Gasteiger partial charge is 0.493 e. The normalized spacial score (nSPS) is 10.9. The maximum absolute atomic E-state index is 11.7. The van der Waals surface area contributed by atoms with Gasteiger partial charge in [-0.2, -0.15) is 5.10 Å². The first kappa shape index (κ1) is 29.1. The van der Waals surface area contributed by atoms with Gasteiger partial charge in [-0.3, -0.25) is 14.3 Å². The van der Waals surface area contributed by atoms with Crippen LogP contribution in [-0.4, -0.2) is 38.5 Å². The molecule has 0 aliphatic carbocycles. The number of aromatic nitrogens is 2. The molecule has 0 amide bonds. The number of carboxylic acid groups (broad SMARTS) is 2. The number of rotatable bonds is 14. The SMILES string of the molecule is CCCOc1cc(CCC(=O)O)ccc1-c1nn(CCc2ccccc2)c(-c2cccc(Br)c2)c1CCC(=O)O. The second kappa shape index (κ2) is 13.9. The van der Waals surface area contributed by atoms with E-state index in [0.29, 0.717) is 37.4 Å². The van der Waals surface area contributed by atoms with Crippen molar-refractivity contribution in [3.63, 3.8) is 0 Å². The minimum Gasteiger partial charge on any atom is -0.493 e. The summed E-state index contributed by atoms with van der Waals surface area (Å²) in [4.78, 5) is 22.9. The van der Waals surface area contributed by atoms with Crippen LogP contribution in [-0.2, 0) is 35.4 Å². The van der Waals surface area contributed by atoms with Crippen LogP contribution in [0.4, 0.5) is 0 Å². The topological polar surface area (TPSA) is 102 Å². The Labute approximate surface area is 242 Å². The van der Waals surface area contributed by atoms with Crippen molar-refractivity contribution in [1.82, 2.24) is 9.78 Å². The fourth-order valence-electron chi connectivity index (χ4n) is 4.69. The van der Waals surface area contributed by atoms with Gasteiger partial charge in [0, 0.05) is 40.5 Å². The molecule has 40 heavy (non-hydrogen) atoms. The highest BCUT2D eigenvalue weighted by Crippen LogP contribution is 2.39. The molecular weight excluding hydrogens is 572 g/mol. The quantitative estimate of drug-likeness (QED) is 0.160. The summed E-state index contributed by atoms with van der Waals surface area (Å²) >= 11 is 3.59. The minimum absolute atomic E-state index is 0.0254. The van der Waals surface area contributed by atoms with Crippen LogP contribution in [0.2, 0.25) is 0 Å². The molecule has 1 heterocycles. The fraction of sp³-hybridized carbons (Fsp3) is 0.281. The molecule has 0 radical (unpaired) electrons. The van der Waals surface area contributed by atoms with Crippen molar-refractivity contribution in [3.8, 4) is 28.3 Å². The summed E-state index contributed by atoms with van der Waals surface area (Å²) in [5.41, 5.74) is 6.15. The number of aliphatic carboxylic acids is 2. The molecule has 0 aliphatic rings. The van der Waals surface area contributed by atoms with Gasteiger partial charge in [0.25, 0.3) is 0 Å². The van der Waals surface area contributed by atoms with E-state index in [0.717, 1.165) is 45.3 Å². The zero-order valence-corrected chi connectivity index (χ0v) is 24.1. The van der Waals surface area contributed by atoms with Crippen LogP contribution in [0.15, 0.2) is 77.3 Å². The summed E-state index contributed by atoms with van der Waals surface area (Å²) in [6, 6.07) is 23.8. The maximum Gasteiger partial charge on any atom is 0.303 e. The van der Waals surface area contributed by atoms with Crippen LogP contribution in [0, 0.1) is 0 Å². The third kappa shape index (κ3) is 7.60. The van der Waals surface area contributed by atoms with E-state index in [2.05, 4.69) is 28.1 Å². The number of aryl methyl sites for hydroxylation is 3. The Balaban J connectivity index is 1.87. The molecule has 0 saturated carbocycles. The Bertz CT molecular complexity index is 1470. The monoisotopic (exact) mass is 604 g/mol. The van der Waals surface area contributed by atoms with Gasteiger partial charge in [-0.05, 0) is 61.1 Å². The lowest BCUT2D eigenvalue weighted by molar-refractivity contribution is -0.138. The summed E-state index contributed by atoms with van der Waals surface area (Å²) in [7, 11) is 0. The van der Waals surface area contributed by atoms with Gasteiger partial charge >= 0.3 is 11.9 Å². The van der Waals surface area contributed by atoms with Gasteiger partial charge in [-0.1, -0.05) is 71.4 Å². The van der Waals surface area contributed by atoms with Crippen molar-refractivity contribution >= 4 is 27.9 Å².